The van der Waals surface area contributed by atoms with Crippen LogP contribution in [0.4, 0.5) is 5.82 Å². The fourth-order valence-electron chi connectivity index (χ4n) is 4.14. The van der Waals surface area contributed by atoms with Crippen LogP contribution in [0, 0.1) is 20.8 Å². The van der Waals surface area contributed by atoms with Crippen molar-refractivity contribution in [3.05, 3.63) is 88.7 Å². The number of nitrogens with one attached hydrogen (secondary N) is 1. The van der Waals surface area contributed by atoms with Crippen molar-refractivity contribution in [2.75, 3.05) is 11.9 Å². The summed E-state index contributed by atoms with van der Waals surface area (Å²) in [4.78, 5) is 11.8. The third-order valence-corrected chi connectivity index (χ3v) is 6.83. The highest BCUT2D eigenvalue weighted by Crippen LogP contribution is 2.31. The highest BCUT2D eigenvalue weighted by Gasteiger charge is 2.12. The molecule has 0 radical (unpaired) electrons. The van der Waals surface area contributed by atoms with E-state index in [1.54, 1.807) is 23.9 Å². The molecule has 5 aromatic rings. The van der Waals surface area contributed by atoms with E-state index in [0.717, 1.165) is 41.0 Å². The van der Waals surface area contributed by atoms with Gasteiger partial charge in [0.05, 0.1) is 17.2 Å². The second-order valence-corrected chi connectivity index (χ2v) is 9.76. The quantitative estimate of drug-likeness (QED) is 0.258. The lowest BCUT2D eigenvalue weighted by Gasteiger charge is -2.11. The molecule has 166 valence electrons. The van der Waals surface area contributed by atoms with E-state index in [1.165, 1.54) is 32.7 Å². The summed E-state index contributed by atoms with van der Waals surface area (Å²) in [6.45, 7) is 7.28. The van der Waals surface area contributed by atoms with Gasteiger partial charge in [0, 0.05) is 11.4 Å². The van der Waals surface area contributed by atoms with Crippen LogP contribution in [0.5, 0.6) is 0 Å². The lowest BCUT2D eigenvalue weighted by Crippen LogP contribution is -2.06. The zero-order valence-corrected chi connectivity index (χ0v) is 20.0. The Morgan fingerprint density at radius 1 is 0.909 bits per heavy atom. The predicted molar refractivity (Wildman–Crippen MR) is 138 cm³/mol. The average Bonchev–Trinajstić information content (AvgIpc) is 3.47. The van der Waals surface area contributed by atoms with Gasteiger partial charge in [0.15, 0.2) is 5.82 Å². The molecule has 3 aromatic heterocycles. The van der Waals surface area contributed by atoms with Gasteiger partial charge in [-0.05, 0) is 68.0 Å². The van der Waals surface area contributed by atoms with Crippen LogP contribution in [-0.4, -0.2) is 16.5 Å². The Bertz CT molecular complexity index is 1390. The average molecular weight is 454 g/mol. The minimum absolute atomic E-state index is 0.697. The van der Waals surface area contributed by atoms with E-state index < -0.39 is 0 Å². The third kappa shape index (κ3) is 4.69. The Labute approximate surface area is 198 Å². The third-order valence-electron chi connectivity index (χ3n) is 5.88. The van der Waals surface area contributed by atoms with E-state index in [0.29, 0.717) is 5.82 Å². The maximum Gasteiger partial charge on any atom is 0.166 e. The molecule has 0 aliphatic carbocycles. The van der Waals surface area contributed by atoms with Crippen LogP contribution >= 0.6 is 11.3 Å². The molecule has 0 atom stereocenters. The van der Waals surface area contributed by atoms with Crippen LogP contribution in [0.25, 0.3) is 32.7 Å². The molecule has 0 aliphatic rings. The Morgan fingerprint density at radius 3 is 2.52 bits per heavy atom. The van der Waals surface area contributed by atoms with Crippen LogP contribution in [0.1, 0.15) is 28.0 Å². The minimum atomic E-state index is 0.697. The second kappa shape index (κ2) is 9.20. The predicted octanol–water partition coefficient (Wildman–Crippen LogP) is 7.59. The van der Waals surface area contributed by atoms with E-state index in [9.17, 15) is 0 Å². The molecule has 0 aliphatic heterocycles. The van der Waals surface area contributed by atoms with Crippen molar-refractivity contribution in [1.29, 1.82) is 0 Å². The van der Waals surface area contributed by atoms with E-state index in [2.05, 4.69) is 74.6 Å². The minimum Gasteiger partial charge on any atom is -0.472 e. The summed E-state index contributed by atoms with van der Waals surface area (Å²) in [5.41, 5.74) is 7.45. The number of nitrogens with zero attached hydrogens (tertiary/aromatic N) is 2. The normalized spacial score (nSPS) is 11.2. The Kier molecular flexibility index (Phi) is 5.97. The lowest BCUT2D eigenvalue weighted by molar-refractivity contribution is 0.568. The molecule has 0 amide bonds. The Hall–Kier alpha value is -3.44. The number of aryl methyl sites for hydroxylation is 4. The molecule has 0 saturated carbocycles. The standard InChI is InChI=1S/C28H27N3OS/c1-18-6-9-22(10-7-18)24-11-8-21(15-19(24)2)5-4-13-29-27-25-16-20(3)33-28(25)31-26(30-27)23-12-14-32-17-23/h6-12,14-17H,4-5,13H2,1-3H3,(H,29,30,31). The number of anilines is 1. The van der Waals surface area contributed by atoms with Crippen molar-refractivity contribution >= 4 is 27.4 Å². The fraction of sp³-hybridized carbons (Fsp3) is 0.214. The Morgan fingerprint density at radius 2 is 1.76 bits per heavy atom. The van der Waals surface area contributed by atoms with E-state index in [-0.39, 0.29) is 0 Å². The number of aromatic nitrogens is 2. The van der Waals surface area contributed by atoms with Crippen molar-refractivity contribution in [2.45, 2.75) is 33.6 Å². The highest BCUT2D eigenvalue weighted by molar-refractivity contribution is 7.18. The van der Waals surface area contributed by atoms with Crippen molar-refractivity contribution in [3.8, 4) is 22.5 Å². The van der Waals surface area contributed by atoms with Crippen LogP contribution in [-0.2, 0) is 6.42 Å². The molecule has 4 nitrogen and oxygen atoms in total. The molecule has 0 bridgehead atoms. The molecule has 0 saturated heterocycles. The monoisotopic (exact) mass is 453 g/mol. The van der Waals surface area contributed by atoms with Gasteiger partial charge in [-0.3, -0.25) is 0 Å². The van der Waals surface area contributed by atoms with Crippen LogP contribution in [0.2, 0.25) is 0 Å². The largest absolute Gasteiger partial charge is 0.472 e. The topological polar surface area (TPSA) is 51.0 Å². The van der Waals surface area contributed by atoms with Gasteiger partial charge in [0.1, 0.15) is 16.9 Å². The number of thiophene rings is 1. The number of furan rings is 1. The first-order chi connectivity index (χ1) is 16.1. The van der Waals surface area contributed by atoms with Gasteiger partial charge < -0.3 is 9.73 Å². The molecular weight excluding hydrogens is 426 g/mol. The fourth-order valence-corrected chi connectivity index (χ4v) is 5.01. The first-order valence-electron chi connectivity index (χ1n) is 11.3. The summed E-state index contributed by atoms with van der Waals surface area (Å²) < 4.78 is 5.23. The zero-order chi connectivity index (χ0) is 22.8. The lowest BCUT2D eigenvalue weighted by atomic mass is 9.96. The van der Waals surface area contributed by atoms with E-state index >= 15 is 0 Å². The SMILES string of the molecule is Cc1ccc(-c2ccc(CCCNc3nc(-c4ccoc4)nc4sc(C)cc34)cc2C)cc1. The first kappa shape index (κ1) is 21.4. The van der Waals surface area contributed by atoms with Gasteiger partial charge in [-0.1, -0.05) is 48.0 Å². The maximum absolute atomic E-state index is 5.23. The molecule has 5 heteroatoms. The molecule has 3 heterocycles. The summed E-state index contributed by atoms with van der Waals surface area (Å²) in [5.74, 6) is 1.59. The second-order valence-electron chi connectivity index (χ2n) is 8.53. The van der Waals surface area contributed by atoms with E-state index in [4.69, 9.17) is 14.4 Å². The van der Waals surface area contributed by atoms with Crippen LogP contribution in [0.15, 0.2) is 71.5 Å². The zero-order valence-electron chi connectivity index (χ0n) is 19.2. The maximum atomic E-state index is 5.23. The summed E-state index contributed by atoms with van der Waals surface area (Å²) >= 11 is 1.69. The van der Waals surface area contributed by atoms with Gasteiger partial charge in [-0.15, -0.1) is 11.3 Å². The molecule has 0 unspecified atom stereocenters. The number of fused-ring (bicyclic) bond motifs is 1. The summed E-state index contributed by atoms with van der Waals surface area (Å²) in [6, 6.07) is 19.6. The van der Waals surface area contributed by atoms with Crippen molar-refractivity contribution < 1.29 is 4.42 Å². The molecule has 1 N–H and O–H groups in total. The van der Waals surface area contributed by atoms with Crippen molar-refractivity contribution in [3.63, 3.8) is 0 Å². The van der Waals surface area contributed by atoms with Crippen LogP contribution < -0.4 is 5.32 Å². The van der Waals surface area contributed by atoms with Gasteiger partial charge in [-0.2, -0.15) is 0 Å². The molecule has 5 rings (SSSR count). The van der Waals surface area contributed by atoms with Crippen LogP contribution in [0.3, 0.4) is 0 Å². The first-order valence-corrected chi connectivity index (χ1v) is 12.1. The summed E-state index contributed by atoms with van der Waals surface area (Å²) in [6.07, 6.45) is 5.39. The number of hydrogen-bond donors (Lipinski definition) is 1. The van der Waals surface area contributed by atoms with E-state index in [1.807, 2.05) is 6.07 Å². The molecule has 2 aromatic carbocycles. The molecule has 0 fully saturated rings. The summed E-state index contributed by atoms with van der Waals surface area (Å²) in [5, 5.41) is 4.64. The van der Waals surface area contributed by atoms with Crippen molar-refractivity contribution in [2.24, 2.45) is 0 Å². The Balaban J connectivity index is 1.27. The van der Waals surface area contributed by atoms with Gasteiger partial charge >= 0.3 is 0 Å². The van der Waals surface area contributed by atoms with Gasteiger partial charge in [0.25, 0.3) is 0 Å². The molecule has 0 spiro atoms. The number of rotatable bonds is 7. The molecular formula is C28H27N3OS. The smallest absolute Gasteiger partial charge is 0.166 e. The summed E-state index contributed by atoms with van der Waals surface area (Å²) in [7, 11) is 0. The number of hydrogen-bond acceptors (Lipinski definition) is 5. The van der Waals surface area contributed by atoms with Crippen molar-refractivity contribution in [1.82, 2.24) is 9.97 Å². The van der Waals surface area contributed by atoms with Gasteiger partial charge in [0.2, 0.25) is 0 Å². The highest BCUT2D eigenvalue weighted by atomic mass is 32.1. The molecule has 33 heavy (non-hydrogen) atoms. The van der Waals surface area contributed by atoms with Gasteiger partial charge in [-0.25, -0.2) is 9.97 Å². The number of benzene rings is 2.